The number of hydrogen-bond acceptors (Lipinski definition) is 0. The molecule has 0 heterocycles. The van der Waals surface area contributed by atoms with Crippen LogP contribution in [0.25, 0.3) is 66.1 Å². The Bertz CT molecular complexity index is 2210. The Morgan fingerprint density at radius 2 is 0.521 bits per heavy atom. The van der Waals surface area contributed by atoms with E-state index in [0.29, 0.717) is 22.3 Å². The molecular formula is C38H16B10. The SMILES string of the molecule is [B]c1c([B])c([B])c(-c2c3ccc(-c4ccccc4)cc3c(-c3c([B])c([B])c([B])c([B])c3[B])c3ccc(-c4ccccc4)cc23)c([B])c1[B]. The first kappa shape index (κ1) is 32.3. The molecule has 10 heteroatoms. The Morgan fingerprint density at radius 3 is 0.833 bits per heavy atom. The number of rotatable bonds is 4. The Balaban J connectivity index is 1.76. The first-order chi connectivity index (χ1) is 23.0. The van der Waals surface area contributed by atoms with Gasteiger partial charge in [0.25, 0.3) is 0 Å². The molecule has 0 aromatic heterocycles. The van der Waals surface area contributed by atoms with Crippen LogP contribution in [-0.4, -0.2) is 78.5 Å². The van der Waals surface area contributed by atoms with Crippen LogP contribution in [0.5, 0.6) is 0 Å². The lowest BCUT2D eigenvalue weighted by atomic mass is 9.58. The van der Waals surface area contributed by atoms with Gasteiger partial charge in [0.05, 0.1) is 0 Å². The van der Waals surface area contributed by atoms with Crippen LogP contribution in [0.2, 0.25) is 0 Å². The van der Waals surface area contributed by atoms with Gasteiger partial charge in [0.2, 0.25) is 0 Å². The van der Waals surface area contributed by atoms with Gasteiger partial charge in [0.1, 0.15) is 78.5 Å². The molecule has 0 aliphatic carbocycles. The molecular weight excluding hydrogens is 565 g/mol. The molecule has 20 radical (unpaired) electrons. The largest absolute Gasteiger partial charge is 0.113 e. The van der Waals surface area contributed by atoms with E-state index in [1.165, 1.54) is 0 Å². The third-order valence-electron chi connectivity index (χ3n) is 9.23. The van der Waals surface area contributed by atoms with Gasteiger partial charge < -0.3 is 0 Å². The summed E-state index contributed by atoms with van der Waals surface area (Å²) in [6.45, 7) is 0. The summed E-state index contributed by atoms with van der Waals surface area (Å²) in [7, 11) is 65.3. The van der Waals surface area contributed by atoms with Crippen molar-refractivity contribution in [3.05, 3.63) is 97.1 Å². The van der Waals surface area contributed by atoms with Crippen LogP contribution >= 0.6 is 0 Å². The standard InChI is InChI=1S/C38H16B10/c39-29-27(30(40)34(44)37(47)33(29)43)25-22-14-12-20(18-9-5-2-6-10-18)16-24(22)26(28-31(41)35(45)38(48)36(46)32(28)42)21-13-11-19(15-23(21)25)17-7-3-1-4-8-17/h1-16H. The highest BCUT2D eigenvalue weighted by Crippen LogP contribution is 2.44. The topological polar surface area (TPSA) is 0 Å². The van der Waals surface area contributed by atoms with E-state index in [-0.39, 0.29) is 54.6 Å². The fraction of sp³-hybridized carbons (Fsp3) is 0. The molecule has 0 aliphatic heterocycles. The summed E-state index contributed by atoms with van der Waals surface area (Å²) in [6.07, 6.45) is 0. The molecule has 0 aliphatic rings. The highest BCUT2D eigenvalue weighted by Gasteiger charge is 2.24. The molecule has 198 valence electrons. The smallest absolute Gasteiger partial charge is 0.112 e. The van der Waals surface area contributed by atoms with Gasteiger partial charge in [-0.15, -0.1) is 32.8 Å². The van der Waals surface area contributed by atoms with Crippen molar-refractivity contribution in [2.45, 2.75) is 0 Å². The Morgan fingerprint density at radius 1 is 0.229 bits per heavy atom. The molecule has 0 bridgehead atoms. The van der Waals surface area contributed by atoms with E-state index >= 15 is 0 Å². The van der Waals surface area contributed by atoms with Crippen LogP contribution in [0.15, 0.2) is 97.1 Å². The summed E-state index contributed by atoms with van der Waals surface area (Å²) >= 11 is 0. The number of hydrogen-bond donors (Lipinski definition) is 0. The Hall–Kier alpha value is -4.29. The maximum atomic E-state index is 6.76. The predicted molar refractivity (Wildman–Crippen MR) is 217 cm³/mol. The average Bonchev–Trinajstić information content (AvgIpc) is 3.12. The molecule has 0 atom stereocenters. The third-order valence-corrected chi connectivity index (χ3v) is 9.23. The van der Waals surface area contributed by atoms with E-state index in [1.807, 2.05) is 84.9 Å². The lowest BCUT2D eigenvalue weighted by Crippen LogP contribution is -2.55. The first-order valence-corrected chi connectivity index (χ1v) is 15.2. The zero-order chi connectivity index (χ0) is 34.0. The number of benzene rings is 7. The zero-order valence-corrected chi connectivity index (χ0v) is 26.0. The van der Waals surface area contributed by atoms with Gasteiger partial charge in [-0.25, -0.2) is 0 Å². The second-order valence-corrected chi connectivity index (χ2v) is 11.9. The van der Waals surface area contributed by atoms with Crippen molar-refractivity contribution in [1.82, 2.24) is 0 Å². The molecule has 0 N–H and O–H groups in total. The summed E-state index contributed by atoms with van der Waals surface area (Å²) in [6, 6.07) is 32.3. The van der Waals surface area contributed by atoms with Crippen molar-refractivity contribution in [3.8, 4) is 44.5 Å². The lowest BCUT2D eigenvalue weighted by molar-refractivity contribution is 1.64. The molecule has 0 fully saturated rings. The minimum atomic E-state index is 0.128. The minimum absolute atomic E-state index is 0.128. The van der Waals surface area contributed by atoms with Crippen LogP contribution in [0, 0.1) is 0 Å². The van der Waals surface area contributed by atoms with Gasteiger partial charge >= 0.3 is 0 Å². The van der Waals surface area contributed by atoms with Crippen LogP contribution < -0.4 is 54.6 Å². The van der Waals surface area contributed by atoms with E-state index in [9.17, 15) is 0 Å². The lowest BCUT2D eigenvalue weighted by Gasteiger charge is -2.28. The normalized spacial score (nSPS) is 11.3. The highest BCUT2D eigenvalue weighted by molar-refractivity contribution is 6.70. The van der Waals surface area contributed by atoms with E-state index < -0.39 is 0 Å². The summed E-state index contributed by atoms with van der Waals surface area (Å²) in [5.41, 5.74) is 7.96. The van der Waals surface area contributed by atoms with Crippen LogP contribution in [0.3, 0.4) is 0 Å². The van der Waals surface area contributed by atoms with Gasteiger partial charge in [-0.05, 0) is 78.2 Å². The van der Waals surface area contributed by atoms with Gasteiger partial charge in [-0.1, -0.05) is 107 Å². The van der Waals surface area contributed by atoms with Crippen molar-refractivity contribution in [1.29, 1.82) is 0 Å². The van der Waals surface area contributed by atoms with Gasteiger partial charge in [0, 0.05) is 0 Å². The molecule has 0 amide bonds. The van der Waals surface area contributed by atoms with Crippen LogP contribution in [0.1, 0.15) is 0 Å². The highest BCUT2D eigenvalue weighted by atomic mass is 14.2. The first-order valence-electron chi connectivity index (χ1n) is 15.2. The van der Waals surface area contributed by atoms with E-state index in [0.717, 1.165) is 43.8 Å². The van der Waals surface area contributed by atoms with Gasteiger partial charge in [-0.2, -0.15) is 0 Å². The van der Waals surface area contributed by atoms with Gasteiger partial charge in [0.15, 0.2) is 0 Å². The van der Waals surface area contributed by atoms with E-state index in [4.69, 9.17) is 78.5 Å². The molecule has 0 nitrogen and oxygen atoms in total. The maximum Gasteiger partial charge on any atom is 0.113 e. The zero-order valence-electron chi connectivity index (χ0n) is 26.0. The second kappa shape index (κ2) is 12.3. The van der Waals surface area contributed by atoms with E-state index in [2.05, 4.69) is 12.1 Å². The van der Waals surface area contributed by atoms with Crippen LogP contribution in [0.4, 0.5) is 0 Å². The molecule has 7 aromatic rings. The van der Waals surface area contributed by atoms with Crippen molar-refractivity contribution < 1.29 is 0 Å². The molecule has 7 rings (SSSR count). The third kappa shape index (κ3) is 4.99. The molecule has 0 saturated heterocycles. The Labute approximate surface area is 295 Å². The Kier molecular flexibility index (Phi) is 8.27. The maximum absolute atomic E-state index is 6.76. The monoisotopic (exact) mass is 582 g/mol. The van der Waals surface area contributed by atoms with E-state index in [1.54, 1.807) is 0 Å². The fourth-order valence-corrected chi connectivity index (χ4v) is 6.63. The molecule has 0 unspecified atom stereocenters. The summed E-state index contributed by atoms with van der Waals surface area (Å²) < 4.78 is 0. The summed E-state index contributed by atoms with van der Waals surface area (Å²) in [4.78, 5) is 0. The minimum Gasteiger partial charge on any atom is -0.112 e. The van der Waals surface area contributed by atoms with Gasteiger partial charge in [-0.3, -0.25) is 0 Å². The predicted octanol–water partition coefficient (Wildman–Crippen LogP) is -1.40. The van der Waals surface area contributed by atoms with Crippen molar-refractivity contribution in [3.63, 3.8) is 0 Å². The molecule has 0 spiro atoms. The van der Waals surface area contributed by atoms with Crippen molar-refractivity contribution >= 4 is 155 Å². The summed E-state index contributed by atoms with van der Waals surface area (Å²) in [5, 5.41) is 3.11. The van der Waals surface area contributed by atoms with Crippen LogP contribution in [-0.2, 0) is 0 Å². The summed E-state index contributed by atoms with van der Waals surface area (Å²) in [5.74, 6) is 0. The quantitative estimate of drug-likeness (QED) is 0.178. The molecule has 7 aromatic carbocycles. The number of fused-ring (bicyclic) bond motifs is 2. The average molecular weight is 581 g/mol. The fourth-order valence-electron chi connectivity index (χ4n) is 6.63. The molecule has 0 saturated carbocycles. The second-order valence-electron chi connectivity index (χ2n) is 11.9. The van der Waals surface area contributed by atoms with Crippen molar-refractivity contribution in [2.75, 3.05) is 0 Å². The van der Waals surface area contributed by atoms with Crippen molar-refractivity contribution in [2.24, 2.45) is 0 Å². The molecule has 48 heavy (non-hydrogen) atoms.